The number of nitrogens with one attached hydrogen (secondary N) is 2. The van der Waals surface area contributed by atoms with Gasteiger partial charge in [0.15, 0.2) is 0 Å². The van der Waals surface area contributed by atoms with Crippen LogP contribution in [0, 0.1) is 0 Å². The average Bonchev–Trinajstić information content (AvgIpc) is 3.18. The van der Waals surface area contributed by atoms with Crippen molar-refractivity contribution in [2.24, 2.45) is 7.05 Å². The SMILES string of the molecule is Cn1cc(Br)cc1C(=O)NNS(=O)(=O)c1ccc(N2CCCC2=O)cc1. The molecule has 8 nitrogen and oxygen atoms in total. The van der Waals surface area contributed by atoms with E-state index in [4.69, 9.17) is 0 Å². The van der Waals surface area contributed by atoms with Crippen LogP contribution in [0.1, 0.15) is 23.3 Å². The van der Waals surface area contributed by atoms with Crippen LogP contribution in [0.15, 0.2) is 45.9 Å². The number of benzene rings is 1. The van der Waals surface area contributed by atoms with Crippen molar-refractivity contribution in [3.63, 3.8) is 0 Å². The van der Waals surface area contributed by atoms with Crippen LogP contribution >= 0.6 is 15.9 Å². The third kappa shape index (κ3) is 3.81. The predicted molar refractivity (Wildman–Crippen MR) is 98.9 cm³/mol. The Morgan fingerprint density at radius 2 is 1.92 bits per heavy atom. The molecule has 2 heterocycles. The third-order valence-corrected chi connectivity index (χ3v) is 5.73. The summed E-state index contributed by atoms with van der Waals surface area (Å²) in [7, 11) is -2.26. The van der Waals surface area contributed by atoms with E-state index in [0.29, 0.717) is 28.8 Å². The summed E-state index contributed by atoms with van der Waals surface area (Å²) < 4.78 is 26.9. The van der Waals surface area contributed by atoms with Gasteiger partial charge in [0.1, 0.15) is 5.69 Å². The summed E-state index contributed by atoms with van der Waals surface area (Å²) in [4.78, 5) is 27.5. The molecule has 1 aromatic carbocycles. The topological polar surface area (TPSA) is 101 Å². The normalized spacial score (nSPS) is 14.7. The lowest BCUT2D eigenvalue weighted by Gasteiger charge is -2.16. The maximum Gasteiger partial charge on any atom is 0.282 e. The summed E-state index contributed by atoms with van der Waals surface area (Å²) in [6.45, 7) is 0.630. The number of sulfonamides is 1. The monoisotopic (exact) mass is 440 g/mol. The van der Waals surface area contributed by atoms with E-state index in [0.717, 1.165) is 6.42 Å². The first-order chi connectivity index (χ1) is 12.3. The molecule has 0 spiro atoms. The van der Waals surface area contributed by atoms with Crippen LogP contribution in [0.4, 0.5) is 5.69 Å². The standard InChI is InChI=1S/C16H17BrN4O4S/c1-20-10-11(17)9-14(20)16(23)18-19-26(24,25)13-6-4-12(5-7-13)21-8-2-3-15(21)22/h4-7,9-10,19H,2-3,8H2,1H3,(H,18,23). The Hall–Kier alpha value is -2.17. The molecule has 1 saturated heterocycles. The van der Waals surface area contributed by atoms with E-state index < -0.39 is 15.9 Å². The Morgan fingerprint density at radius 3 is 2.46 bits per heavy atom. The van der Waals surface area contributed by atoms with E-state index in [1.807, 2.05) is 0 Å². The Balaban J connectivity index is 1.69. The zero-order chi connectivity index (χ0) is 18.9. The van der Waals surface area contributed by atoms with E-state index in [2.05, 4.69) is 26.2 Å². The van der Waals surface area contributed by atoms with Gasteiger partial charge in [0.25, 0.3) is 15.9 Å². The van der Waals surface area contributed by atoms with E-state index in [1.165, 1.54) is 12.1 Å². The molecule has 138 valence electrons. The molecule has 26 heavy (non-hydrogen) atoms. The third-order valence-electron chi connectivity index (χ3n) is 4.04. The van der Waals surface area contributed by atoms with Crippen molar-refractivity contribution in [2.75, 3.05) is 11.4 Å². The lowest BCUT2D eigenvalue weighted by atomic mass is 10.3. The zero-order valence-electron chi connectivity index (χ0n) is 13.9. The van der Waals surface area contributed by atoms with Crippen LogP contribution in [-0.4, -0.2) is 31.3 Å². The number of halogens is 1. The first-order valence-electron chi connectivity index (χ1n) is 7.82. The quantitative estimate of drug-likeness (QED) is 0.688. The fourth-order valence-electron chi connectivity index (χ4n) is 2.71. The van der Waals surface area contributed by atoms with Crippen LogP contribution in [0.5, 0.6) is 0 Å². The van der Waals surface area contributed by atoms with Crippen molar-refractivity contribution in [3.8, 4) is 0 Å². The molecule has 2 aromatic rings. The molecule has 0 radical (unpaired) electrons. The smallest absolute Gasteiger partial charge is 0.282 e. The van der Waals surface area contributed by atoms with Crippen molar-refractivity contribution in [3.05, 3.63) is 46.7 Å². The highest BCUT2D eigenvalue weighted by Crippen LogP contribution is 2.22. The molecule has 0 unspecified atom stereocenters. The van der Waals surface area contributed by atoms with Crippen molar-refractivity contribution >= 4 is 43.5 Å². The minimum absolute atomic E-state index is 0.0127. The van der Waals surface area contributed by atoms with Gasteiger partial charge in [-0.25, -0.2) is 8.42 Å². The summed E-state index contributed by atoms with van der Waals surface area (Å²) in [6.07, 6.45) is 2.98. The van der Waals surface area contributed by atoms with Gasteiger partial charge in [-0.15, -0.1) is 4.83 Å². The number of nitrogens with zero attached hydrogens (tertiary/aromatic N) is 2. The second kappa shape index (κ2) is 7.22. The molecule has 2 N–H and O–H groups in total. The Morgan fingerprint density at radius 1 is 1.23 bits per heavy atom. The van der Waals surface area contributed by atoms with Crippen molar-refractivity contribution in [1.82, 2.24) is 14.8 Å². The molecule has 2 amide bonds. The summed E-state index contributed by atoms with van der Waals surface area (Å²) >= 11 is 3.25. The van der Waals surface area contributed by atoms with Gasteiger partial charge in [-0.05, 0) is 52.7 Å². The molecule has 1 aliphatic heterocycles. The average molecular weight is 441 g/mol. The number of amides is 2. The number of hydrogen-bond donors (Lipinski definition) is 2. The Labute approximate surface area is 159 Å². The fourth-order valence-corrected chi connectivity index (χ4v) is 4.08. The lowest BCUT2D eigenvalue weighted by molar-refractivity contribution is -0.117. The van der Waals surface area contributed by atoms with Crippen LogP contribution in [0.3, 0.4) is 0 Å². The highest BCUT2D eigenvalue weighted by atomic mass is 79.9. The molecule has 1 fully saturated rings. The molecule has 3 rings (SSSR count). The van der Waals surface area contributed by atoms with Crippen LogP contribution in [-0.2, 0) is 21.9 Å². The van der Waals surface area contributed by atoms with Gasteiger partial charge in [0, 0.05) is 36.4 Å². The highest BCUT2D eigenvalue weighted by molar-refractivity contribution is 9.10. The minimum Gasteiger partial charge on any atom is -0.345 e. The Bertz CT molecular complexity index is 953. The fraction of sp³-hybridized carbons (Fsp3) is 0.250. The molecular formula is C16H17BrN4O4S. The van der Waals surface area contributed by atoms with E-state index in [9.17, 15) is 18.0 Å². The highest BCUT2D eigenvalue weighted by Gasteiger charge is 2.23. The van der Waals surface area contributed by atoms with Crippen molar-refractivity contribution in [1.29, 1.82) is 0 Å². The Kier molecular flexibility index (Phi) is 5.17. The minimum atomic E-state index is -3.93. The van der Waals surface area contributed by atoms with Gasteiger partial charge in [-0.3, -0.25) is 15.0 Å². The van der Waals surface area contributed by atoms with Crippen LogP contribution in [0.2, 0.25) is 0 Å². The van der Waals surface area contributed by atoms with Gasteiger partial charge < -0.3 is 9.47 Å². The number of hydrazine groups is 1. The van der Waals surface area contributed by atoms with Crippen molar-refractivity contribution in [2.45, 2.75) is 17.7 Å². The molecule has 0 saturated carbocycles. The molecule has 1 aromatic heterocycles. The maximum absolute atomic E-state index is 12.3. The molecular weight excluding hydrogens is 424 g/mol. The van der Waals surface area contributed by atoms with Gasteiger partial charge in [-0.1, -0.05) is 0 Å². The van der Waals surface area contributed by atoms with E-state index >= 15 is 0 Å². The second-order valence-electron chi connectivity index (χ2n) is 5.86. The van der Waals surface area contributed by atoms with E-state index in [-0.39, 0.29) is 10.8 Å². The molecule has 10 heteroatoms. The van der Waals surface area contributed by atoms with Crippen LogP contribution < -0.4 is 15.2 Å². The first kappa shape index (κ1) is 18.6. The van der Waals surface area contributed by atoms with Gasteiger partial charge >= 0.3 is 0 Å². The number of aryl methyl sites for hydroxylation is 1. The number of hydrogen-bond acceptors (Lipinski definition) is 4. The zero-order valence-corrected chi connectivity index (χ0v) is 16.3. The van der Waals surface area contributed by atoms with Gasteiger partial charge in [0.2, 0.25) is 5.91 Å². The van der Waals surface area contributed by atoms with Gasteiger partial charge in [0.05, 0.1) is 4.90 Å². The molecule has 0 bridgehead atoms. The number of carbonyl (C=O) groups is 2. The summed E-state index contributed by atoms with van der Waals surface area (Å²) in [5, 5.41) is 0. The van der Waals surface area contributed by atoms with Gasteiger partial charge in [-0.2, -0.15) is 0 Å². The second-order valence-corrected chi connectivity index (χ2v) is 8.45. The molecule has 0 atom stereocenters. The molecule has 1 aliphatic rings. The summed E-state index contributed by atoms with van der Waals surface area (Å²) in [5.41, 5.74) is 3.14. The van der Waals surface area contributed by atoms with E-state index in [1.54, 1.807) is 40.9 Å². The molecule has 0 aliphatic carbocycles. The first-order valence-corrected chi connectivity index (χ1v) is 10.1. The number of anilines is 1. The number of rotatable bonds is 5. The van der Waals surface area contributed by atoms with Crippen LogP contribution in [0.25, 0.3) is 0 Å². The summed E-state index contributed by atoms with van der Waals surface area (Å²) in [6, 6.07) is 7.52. The number of aromatic nitrogens is 1. The maximum atomic E-state index is 12.3. The van der Waals surface area contributed by atoms with Crippen molar-refractivity contribution < 1.29 is 18.0 Å². The summed E-state index contributed by atoms with van der Waals surface area (Å²) in [5.74, 6) is -0.555. The lowest BCUT2D eigenvalue weighted by Crippen LogP contribution is -2.42. The number of carbonyl (C=O) groups excluding carboxylic acids is 2. The predicted octanol–water partition coefficient (Wildman–Crippen LogP) is 1.54. The largest absolute Gasteiger partial charge is 0.345 e.